The molecule has 0 bridgehead atoms. The lowest BCUT2D eigenvalue weighted by Gasteiger charge is -2.13. The highest BCUT2D eigenvalue weighted by Crippen LogP contribution is 2.33. The highest BCUT2D eigenvalue weighted by Gasteiger charge is 2.20. The van der Waals surface area contributed by atoms with Crippen molar-refractivity contribution in [1.29, 1.82) is 0 Å². The van der Waals surface area contributed by atoms with Crippen LogP contribution in [0.4, 0.5) is 22.7 Å². The highest BCUT2D eigenvalue weighted by molar-refractivity contribution is 6.34. The SMILES string of the molecule is CC.CNC(=O)c1ccc(NC(=O)c2cc(C)ccc2O)c(Cl)c1.COC(=O)c1ccc(NC(=O)c2cc(Cl)ccc2O)c(OC)c1.COc1cc(C(=O)O)ccc1NC(=O)c1cc(Cl)ccc1O.COc1ccc(NC(=O)c2cc(CC(C)C)ccc2O)c(OC)c1. The average Bonchev–Trinajstić information content (AvgIpc) is 3.53. The molecule has 0 unspecified atom stereocenters. The second kappa shape index (κ2) is 36.2. The van der Waals surface area contributed by atoms with E-state index < -0.39 is 29.7 Å². The van der Waals surface area contributed by atoms with E-state index >= 15 is 0 Å². The number of phenols is 4. The summed E-state index contributed by atoms with van der Waals surface area (Å²) in [4.78, 5) is 83.1. The third-order valence-electron chi connectivity index (χ3n) is 12.7. The van der Waals surface area contributed by atoms with Crippen LogP contribution in [0, 0.1) is 12.8 Å². The first kappa shape index (κ1) is 74.8. The fourth-order valence-electron chi connectivity index (χ4n) is 8.10. The van der Waals surface area contributed by atoms with Gasteiger partial charge in [0.05, 0.1) is 96.7 Å². The molecule has 10 N–H and O–H groups in total. The smallest absolute Gasteiger partial charge is 0.337 e. The van der Waals surface area contributed by atoms with Crippen LogP contribution < -0.4 is 45.5 Å². The number of halogens is 3. The van der Waals surface area contributed by atoms with Crippen molar-refractivity contribution in [1.82, 2.24) is 5.32 Å². The summed E-state index contributed by atoms with van der Waals surface area (Å²) in [6, 6.07) is 36.2. The van der Waals surface area contributed by atoms with Crippen molar-refractivity contribution in [2.24, 2.45) is 5.92 Å². The van der Waals surface area contributed by atoms with Gasteiger partial charge in [-0.15, -0.1) is 0 Å². The first-order chi connectivity index (χ1) is 44.2. The van der Waals surface area contributed by atoms with Crippen molar-refractivity contribution in [2.45, 2.75) is 41.0 Å². The van der Waals surface area contributed by atoms with Gasteiger partial charge < -0.3 is 75.8 Å². The van der Waals surface area contributed by atoms with Crippen LogP contribution in [-0.4, -0.2) is 110 Å². The number of carboxylic acid groups (broad SMARTS) is 1. The van der Waals surface area contributed by atoms with Crippen molar-refractivity contribution >= 4 is 99.0 Å². The Morgan fingerprint density at radius 3 is 1.28 bits per heavy atom. The van der Waals surface area contributed by atoms with Crippen molar-refractivity contribution < 1.29 is 82.8 Å². The van der Waals surface area contributed by atoms with Crippen LogP contribution in [0.1, 0.15) is 111 Å². The standard InChI is InChI=1S/C19H23NO4.C16H15ClN2O3.C16H14ClNO5.C15H12ClNO5.C2H6/c1-12(2)9-13-5-8-17(21)15(10-13)19(22)20-16-7-6-14(23-3)11-18(16)24-4;1-9-3-6-14(20)11(7-9)16(22)19-13-5-4-10(8-12(13)17)15(21)18-2;1-22-14-7-9(16(21)23-2)3-5-12(14)18-15(20)11-8-10(17)4-6-13(11)19;1-22-13-6-8(15(20)21)2-4-11(13)17-14(19)10-7-9(16)3-5-12(10)18;1-2/h5-8,10-12,21H,9H2,1-4H3,(H,20,22);3-8,20H,1-2H3,(H,18,21)(H,19,22);3-8,19H,1-2H3,(H,18,20);2-7,18H,1H3,(H,17,19)(H,20,21);1-2H3. The fourth-order valence-corrected chi connectivity index (χ4v) is 8.68. The number of carboxylic acids is 1. The number of aromatic hydroxyl groups is 4. The van der Waals surface area contributed by atoms with Crippen molar-refractivity contribution in [3.63, 3.8) is 0 Å². The Morgan fingerprint density at radius 1 is 0.441 bits per heavy atom. The number of rotatable bonds is 17. The Kier molecular flexibility index (Phi) is 29.1. The van der Waals surface area contributed by atoms with Gasteiger partial charge in [-0.3, -0.25) is 24.0 Å². The predicted molar refractivity (Wildman–Crippen MR) is 358 cm³/mol. The van der Waals surface area contributed by atoms with Gasteiger partial charge >= 0.3 is 11.9 Å². The lowest BCUT2D eigenvalue weighted by Crippen LogP contribution is -2.18. The van der Waals surface area contributed by atoms with Crippen molar-refractivity contribution in [2.75, 3.05) is 63.9 Å². The third kappa shape index (κ3) is 21.8. The molecule has 0 heterocycles. The summed E-state index contributed by atoms with van der Waals surface area (Å²) in [6.45, 7) is 10.0. The molecule has 0 saturated heterocycles. The van der Waals surface area contributed by atoms with Crippen molar-refractivity contribution in [3.05, 3.63) is 211 Å². The molecule has 0 fully saturated rings. The van der Waals surface area contributed by atoms with E-state index in [-0.39, 0.29) is 90.4 Å². The van der Waals surface area contributed by atoms with Gasteiger partial charge in [0.25, 0.3) is 29.5 Å². The molecule has 0 atom stereocenters. The van der Waals surface area contributed by atoms with Crippen LogP contribution in [-0.2, 0) is 11.2 Å². The molecule has 0 spiro atoms. The number of anilines is 4. The van der Waals surface area contributed by atoms with Gasteiger partial charge in [0, 0.05) is 28.7 Å². The molecular weight excluding hydrogens is 1270 g/mol. The predicted octanol–water partition coefficient (Wildman–Crippen LogP) is 14.0. The number of aromatic carboxylic acids is 1. The number of phenolic OH excluding ortho intramolecular Hbond substituents is 4. The molecule has 0 aromatic heterocycles. The molecule has 0 radical (unpaired) electrons. The molecule has 0 saturated carbocycles. The number of nitrogens with one attached hydrogen (secondary N) is 5. The van der Waals surface area contributed by atoms with Gasteiger partial charge in [0.2, 0.25) is 0 Å². The van der Waals surface area contributed by atoms with E-state index in [9.17, 15) is 54.0 Å². The number of amides is 5. The van der Waals surface area contributed by atoms with Gasteiger partial charge in [-0.05, 0) is 152 Å². The Bertz CT molecular complexity index is 3990. The number of esters is 1. The van der Waals surface area contributed by atoms with E-state index in [2.05, 4.69) is 45.2 Å². The zero-order chi connectivity index (χ0) is 69.2. The number of benzene rings is 8. The van der Waals surface area contributed by atoms with Crippen LogP contribution in [0.2, 0.25) is 15.1 Å². The van der Waals surface area contributed by atoms with Crippen LogP contribution >= 0.6 is 34.8 Å². The first-order valence-electron chi connectivity index (χ1n) is 28.0. The van der Waals surface area contributed by atoms with Crippen LogP contribution in [0.3, 0.4) is 0 Å². The van der Waals surface area contributed by atoms with E-state index in [0.717, 1.165) is 17.5 Å². The molecule has 0 aliphatic heterocycles. The monoisotopic (exact) mass is 1330 g/mol. The summed E-state index contributed by atoms with van der Waals surface area (Å²) in [5.74, 6) is -2.44. The molecule has 8 aromatic rings. The topological polar surface area (TPSA) is 327 Å². The number of carbonyl (C=O) groups is 7. The quantitative estimate of drug-likeness (QED) is 0.0379. The van der Waals surface area contributed by atoms with Gasteiger partial charge in [0.1, 0.15) is 46.0 Å². The Balaban J connectivity index is 0.000000262. The van der Waals surface area contributed by atoms with E-state index in [4.69, 9.17) is 58.9 Å². The maximum Gasteiger partial charge on any atom is 0.337 e. The molecule has 25 heteroatoms. The number of aryl methyl sites for hydroxylation is 1. The molecule has 93 heavy (non-hydrogen) atoms. The summed E-state index contributed by atoms with van der Waals surface area (Å²) in [5, 5.41) is 62.0. The minimum atomic E-state index is -1.11. The van der Waals surface area contributed by atoms with Gasteiger partial charge in [0.15, 0.2) is 0 Å². The van der Waals surface area contributed by atoms with E-state index in [1.807, 2.05) is 26.8 Å². The lowest BCUT2D eigenvalue weighted by atomic mass is 10.00. The number of methoxy groups -OCH3 is 5. The maximum atomic E-state index is 12.5. The summed E-state index contributed by atoms with van der Waals surface area (Å²) in [7, 11) is 8.63. The van der Waals surface area contributed by atoms with E-state index in [1.165, 1.54) is 126 Å². The maximum absolute atomic E-state index is 12.5. The molecule has 0 aliphatic rings. The lowest BCUT2D eigenvalue weighted by molar-refractivity contribution is 0.0598. The number of ether oxygens (including phenoxy) is 5. The zero-order valence-corrected chi connectivity index (χ0v) is 54.7. The zero-order valence-electron chi connectivity index (χ0n) is 52.4. The third-order valence-corrected chi connectivity index (χ3v) is 13.5. The van der Waals surface area contributed by atoms with Gasteiger partial charge in [-0.1, -0.05) is 80.2 Å². The van der Waals surface area contributed by atoms with E-state index in [1.54, 1.807) is 55.6 Å². The van der Waals surface area contributed by atoms with Crippen molar-refractivity contribution in [3.8, 4) is 46.0 Å². The van der Waals surface area contributed by atoms with Crippen LogP contribution in [0.5, 0.6) is 46.0 Å². The first-order valence-corrected chi connectivity index (χ1v) is 29.1. The van der Waals surface area contributed by atoms with Gasteiger partial charge in [-0.25, -0.2) is 9.59 Å². The molecule has 0 aliphatic carbocycles. The van der Waals surface area contributed by atoms with Crippen LogP contribution in [0.15, 0.2) is 146 Å². The normalized spacial score (nSPS) is 10.1. The minimum Gasteiger partial charge on any atom is -0.507 e. The minimum absolute atomic E-state index is 0.00290. The second-order valence-electron chi connectivity index (χ2n) is 19.6. The molecule has 5 amide bonds. The number of hydrogen-bond donors (Lipinski definition) is 10. The number of hydrogen-bond acceptors (Lipinski definition) is 16. The summed E-state index contributed by atoms with van der Waals surface area (Å²) >= 11 is 17.7. The summed E-state index contributed by atoms with van der Waals surface area (Å²) in [6.07, 6.45) is 0.840. The summed E-state index contributed by atoms with van der Waals surface area (Å²) < 4.78 is 25.3. The largest absolute Gasteiger partial charge is 0.507 e. The molecule has 8 rings (SSSR count). The van der Waals surface area contributed by atoms with Crippen LogP contribution in [0.25, 0.3) is 0 Å². The molecule has 22 nitrogen and oxygen atoms in total. The summed E-state index contributed by atoms with van der Waals surface area (Å²) in [5.41, 5.74) is 4.47. The fraction of sp³-hybridized carbons (Fsp3) is 0.191. The average molecular weight is 1340 g/mol. The Labute approximate surface area is 551 Å². The highest BCUT2D eigenvalue weighted by atomic mass is 35.5. The van der Waals surface area contributed by atoms with Gasteiger partial charge in [-0.2, -0.15) is 0 Å². The Hall–Kier alpha value is -10.7. The Morgan fingerprint density at radius 2 is 0.839 bits per heavy atom. The number of carbonyl (C=O) groups excluding carboxylic acids is 6. The molecule has 490 valence electrons. The molecule has 8 aromatic carbocycles. The van der Waals surface area contributed by atoms with E-state index in [0.29, 0.717) is 50.1 Å². The molecular formula is C68H70Cl3N5O17. The second-order valence-corrected chi connectivity index (χ2v) is 20.9.